The number of rotatable bonds is 6. The number of nitrogens with zero attached hydrogens (tertiary/aromatic N) is 3. The third-order valence-electron chi connectivity index (χ3n) is 3.60. The minimum atomic E-state index is 0.700. The molecule has 0 atom stereocenters. The van der Waals surface area contributed by atoms with Gasteiger partial charge in [0.25, 0.3) is 0 Å². The van der Waals surface area contributed by atoms with Gasteiger partial charge in [-0.25, -0.2) is 9.97 Å². The first-order chi connectivity index (χ1) is 10.7. The Kier molecular flexibility index (Phi) is 4.81. The lowest BCUT2D eigenvalue weighted by Crippen LogP contribution is -2.07. The number of para-hydroxylation sites is 1. The van der Waals surface area contributed by atoms with Crippen LogP contribution in [0.15, 0.2) is 29.4 Å². The number of thioether (sulfide) groups is 1. The van der Waals surface area contributed by atoms with Gasteiger partial charge in [0, 0.05) is 19.3 Å². The van der Waals surface area contributed by atoms with Crippen molar-refractivity contribution in [1.82, 2.24) is 14.5 Å². The molecule has 4 nitrogen and oxygen atoms in total. The summed E-state index contributed by atoms with van der Waals surface area (Å²) in [7, 11) is 1.73. The summed E-state index contributed by atoms with van der Waals surface area (Å²) in [5, 5.41) is 2.19. The predicted molar refractivity (Wildman–Crippen MR) is 92.8 cm³/mol. The number of thiazole rings is 1. The van der Waals surface area contributed by atoms with E-state index in [1.807, 2.05) is 6.07 Å². The fourth-order valence-corrected chi connectivity index (χ4v) is 4.37. The summed E-state index contributed by atoms with van der Waals surface area (Å²) in [6.45, 7) is 5.71. The lowest BCUT2D eigenvalue weighted by atomic mass is 10.3. The van der Waals surface area contributed by atoms with E-state index in [9.17, 15) is 0 Å². The van der Waals surface area contributed by atoms with Gasteiger partial charge in [-0.15, -0.1) is 11.3 Å². The summed E-state index contributed by atoms with van der Waals surface area (Å²) in [6, 6.07) is 8.27. The molecule has 1 aromatic carbocycles. The Bertz CT molecular complexity index is 746. The van der Waals surface area contributed by atoms with Crippen molar-refractivity contribution < 1.29 is 4.74 Å². The van der Waals surface area contributed by atoms with Crippen molar-refractivity contribution in [2.24, 2.45) is 0 Å². The standard InChI is InChI=1S/C16H19N3OS2/c1-11-12(2)19(8-9-20-3)16(17-11)21-10-15-18-13-6-4-5-7-14(13)22-15/h4-7H,8-10H2,1-3H3. The zero-order valence-corrected chi connectivity index (χ0v) is 14.6. The van der Waals surface area contributed by atoms with Crippen molar-refractivity contribution in [3.63, 3.8) is 0 Å². The molecule has 0 unspecified atom stereocenters. The zero-order valence-electron chi connectivity index (χ0n) is 13.0. The van der Waals surface area contributed by atoms with Crippen LogP contribution in [0, 0.1) is 13.8 Å². The molecule has 116 valence electrons. The van der Waals surface area contributed by atoms with Crippen molar-refractivity contribution in [1.29, 1.82) is 0 Å². The molecule has 0 bridgehead atoms. The van der Waals surface area contributed by atoms with Crippen LogP contribution in [0.5, 0.6) is 0 Å². The quantitative estimate of drug-likeness (QED) is 0.638. The number of aryl methyl sites for hydroxylation is 1. The molecule has 0 fully saturated rings. The van der Waals surface area contributed by atoms with Crippen LogP contribution in [0.25, 0.3) is 10.2 Å². The maximum Gasteiger partial charge on any atom is 0.168 e. The number of benzene rings is 1. The lowest BCUT2D eigenvalue weighted by molar-refractivity contribution is 0.184. The van der Waals surface area contributed by atoms with Crippen LogP contribution in [0.3, 0.4) is 0 Å². The van der Waals surface area contributed by atoms with Crippen molar-refractivity contribution in [3.05, 3.63) is 40.7 Å². The van der Waals surface area contributed by atoms with Gasteiger partial charge in [-0.05, 0) is 26.0 Å². The highest BCUT2D eigenvalue weighted by Gasteiger charge is 2.12. The summed E-state index contributed by atoms with van der Waals surface area (Å²) in [4.78, 5) is 9.36. The SMILES string of the molecule is COCCn1c(SCc2nc3ccccc3s2)nc(C)c1C. The fourth-order valence-electron chi connectivity index (χ4n) is 2.29. The van der Waals surface area contributed by atoms with Gasteiger partial charge in [0.1, 0.15) is 5.01 Å². The largest absolute Gasteiger partial charge is 0.383 e. The van der Waals surface area contributed by atoms with E-state index in [-0.39, 0.29) is 0 Å². The summed E-state index contributed by atoms with van der Waals surface area (Å²) >= 11 is 3.50. The van der Waals surface area contributed by atoms with Gasteiger partial charge in [0.15, 0.2) is 5.16 Å². The summed E-state index contributed by atoms with van der Waals surface area (Å²) in [5.41, 5.74) is 3.38. The maximum absolute atomic E-state index is 5.20. The molecule has 2 heterocycles. The molecule has 0 radical (unpaired) electrons. The third kappa shape index (κ3) is 3.19. The van der Waals surface area contributed by atoms with Crippen LogP contribution in [0.2, 0.25) is 0 Å². The van der Waals surface area contributed by atoms with Crippen molar-refractivity contribution in [3.8, 4) is 0 Å². The molecule has 6 heteroatoms. The van der Waals surface area contributed by atoms with E-state index in [0.29, 0.717) is 6.61 Å². The Hall–Kier alpha value is -1.37. The van der Waals surface area contributed by atoms with Gasteiger partial charge in [0.05, 0.1) is 28.3 Å². The highest BCUT2D eigenvalue weighted by atomic mass is 32.2. The van der Waals surface area contributed by atoms with Gasteiger partial charge in [0.2, 0.25) is 0 Å². The van der Waals surface area contributed by atoms with E-state index < -0.39 is 0 Å². The molecular formula is C16H19N3OS2. The first-order valence-electron chi connectivity index (χ1n) is 7.19. The van der Waals surface area contributed by atoms with E-state index in [2.05, 4.69) is 46.6 Å². The van der Waals surface area contributed by atoms with Crippen LogP contribution >= 0.6 is 23.1 Å². The summed E-state index contributed by atoms with van der Waals surface area (Å²) in [6.07, 6.45) is 0. The maximum atomic E-state index is 5.20. The molecule has 0 saturated heterocycles. The number of aromatic nitrogens is 3. The minimum Gasteiger partial charge on any atom is -0.383 e. The number of ether oxygens (including phenoxy) is 1. The Balaban J connectivity index is 1.76. The topological polar surface area (TPSA) is 39.9 Å². The van der Waals surface area contributed by atoms with Crippen molar-refractivity contribution in [2.75, 3.05) is 13.7 Å². The number of hydrogen-bond acceptors (Lipinski definition) is 5. The fraction of sp³-hybridized carbons (Fsp3) is 0.375. The van der Waals surface area contributed by atoms with Gasteiger partial charge < -0.3 is 9.30 Å². The van der Waals surface area contributed by atoms with Gasteiger partial charge in [-0.1, -0.05) is 23.9 Å². The summed E-state index contributed by atoms with van der Waals surface area (Å²) in [5.74, 6) is 0.849. The van der Waals surface area contributed by atoms with E-state index in [1.165, 1.54) is 10.4 Å². The number of methoxy groups -OCH3 is 1. The molecule has 0 amide bonds. The molecule has 0 aliphatic carbocycles. The average molecular weight is 333 g/mol. The van der Waals surface area contributed by atoms with E-state index in [4.69, 9.17) is 4.74 Å². The third-order valence-corrected chi connectivity index (χ3v) is 5.81. The molecule has 0 spiro atoms. The van der Waals surface area contributed by atoms with E-state index >= 15 is 0 Å². The molecule has 0 N–H and O–H groups in total. The second-order valence-corrected chi connectivity index (χ2v) is 7.13. The highest BCUT2D eigenvalue weighted by molar-refractivity contribution is 7.98. The zero-order chi connectivity index (χ0) is 15.5. The Morgan fingerprint density at radius 3 is 2.82 bits per heavy atom. The Labute approximate surface area is 138 Å². The van der Waals surface area contributed by atoms with Crippen LogP contribution in [-0.4, -0.2) is 28.3 Å². The van der Waals surface area contributed by atoms with Crippen LogP contribution in [0.4, 0.5) is 0 Å². The minimum absolute atomic E-state index is 0.700. The second-order valence-electron chi connectivity index (χ2n) is 5.07. The van der Waals surface area contributed by atoms with Gasteiger partial charge >= 0.3 is 0 Å². The molecule has 3 rings (SSSR count). The highest BCUT2D eigenvalue weighted by Crippen LogP contribution is 2.29. The molecule has 3 aromatic rings. The Morgan fingerprint density at radius 2 is 2.05 bits per heavy atom. The molecular weight excluding hydrogens is 314 g/mol. The van der Waals surface area contributed by atoms with Crippen molar-refractivity contribution >= 4 is 33.3 Å². The monoisotopic (exact) mass is 333 g/mol. The van der Waals surface area contributed by atoms with Gasteiger partial charge in [-0.2, -0.15) is 0 Å². The normalized spacial score (nSPS) is 11.4. The van der Waals surface area contributed by atoms with Crippen LogP contribution in [0.1, 0.15) is 16.4 Å². The lowest BCUT2D eigenvalue weighted by Gasteiger charge is -2.08. The Morgan fingerprint density at radius 1 is 1.23 bits per heavy atom. The molecule has 0 aliphatic rings. The number of fused-ring (bicyclic) bond motifs is 1. The van der Waals surface area contributed by atoms with Crippen LogP contribution < -0.4 is 0 Å². The molecule has 2 aromatic heterocycles. The molecule has 0 saturated carbocycles. The smallest absolute Gasteiger partial charge is 0.168 e. The average Bonchev–Trinajstić information content (AvgIpc) is 3.05. The number of hydrogen-bond donors (Lipinski definition) is 0. The van der Waals surface area contributed by atoms with Crippen LogP contribution in [-0.2, 0) is 17.0 Å². The first-order valence-corrected chi connectivity index (χ1v) is 8.99. The number of imidazole rings is 1. The summed E-state index contributed by atoms with van der Waals surface area (Å²) < 4.78 is 8.68. The molecule has 22 heavy (non-hydrogen) atoms. The van der Waals surface area contributed by atoms with Crippen molar-refractivity contribution in [2.45, 2.75) is 31.3 Å². The van der Waals surface area contributed by atoms with E-state index in [1.54, 1.807) is 30.2 Å². The molecule has 0 aliphatic heterocycles. The van der Waals surface area contributed by atoms with E-state index in [0.717, 1.165) is 33.7 Å². The first kappa shape index (κ1) is 15.5. The van der Waals surface area contributed by atoms with Gasteiger partial charge in [-0.3, -0.25) is 0 Å². The second kappa shape index (κ2) is 6.81. The predicted octanol–water partition coefficient (Wildman–Crippen LogP) is 4.05.